The maximum absolute atomic E-state index is 12.7. The van der Waals surface area contributed by atoms with Crippen LogP contribution in [0.4, 0.5) is 27.7 Å². The number of amidine groups is 1. The van der Waals surface area contributed by atoms with Crippen LogP contribution >= 0.6 is 0 Å². The summed E-state index contributed by atoms with van der Waals surface area (Å²) in [5.74, 6) is 1.83. The minimum absolute atomic E-state index is 0.0151. The number of methoxy groups -OCH3 is 1. The van der Waals surface area contributed by atoms with Gasteiger partial charge in [0.2, 0.25) is 0 Å². The van der Waals surface area contributed by atoms with E-state index in [2.05, 4.69) is 24.5 Å². The summed E-state index contributed by atoms with van der Waals surface area (Å²) in [7, 11) is 1.64. The number of hydrogen-bond acceptors (Lipinski definition) is 8. The fraction of sp³-hybridized carbons (Fsp3) is 0.459. The summed E-state index contributed by atoms with van der Waals surface area (Å²) in [4.78, 5) is 35.0. The van der Waals surface area contributed by atoms with Gasteiger partial charge in [0.25, 0.3) is 0 Å². The Balaban J connectivity index is 2.00. The zero-order valence-corrected chi connectivity index (χ0v) is 30.0. The zero-order chi connectivity index (χ0) is 35.5. The average Bonchev–Trinajstić information content (AvgIpc) is 3.41. The van der Waals surface area contributed by atoms with Gasteiger partial charge in [-0.2, -0.15) is 0 Å². The summed E-state index contributed by atoms with van der Waals surface area (Å²) in [6.07, 6.45) is 2.13. The first kappa shape index (κ1) is 37.8. The van der Waals surface area contributed by atoms with Gasteiger partial charge in [-0.25, -0.2) is 9.79 Å². The molecule has 11 nitrogen and oxygen atoms in total. The van der Waals surface area contributed by atoms with Crippen molar-refractivity contribution in [1.29, 1.82) is 0 Å². The summed E-state index contributed by atoms with van der Waals surface area (Å²) in [5, 5.41) is 6.26. The molecular weight excluding hydrogens is 610 g/mol. The van der Waals surface area contributed by atoms with Crippen LogP contribution in [0.5, 0.6) is 5.75 Å². The van der Waals surface area contributed by atoms with E-state index >= 15 is 0 Å². The van der Waals surface area contributed by atoms with Gasteiger partial charge in [0.05, 0.1) is 17.7 Å². The highest BCUT2D eigenvalue weighted by Crippen LogP contribution is 2.28. The first-order chi connectivity index (χ1) is 22.6. The zero-order valence-electron chi connectivity index (χ0n) is 30.0. The van der Waals surface area contributed by atoms with Crippen LogP contribution in [0.2, 0.25) is 0 Å². The van der Waals surface area contributed by atoms with Crippen LogP contribution in [0, 0.1) is 11.3 Å². The van der Waals surface area contributed by atoms with Gasteiger partial charge in [0.1, 0.15) is 29.6 Å². The number of aromatic nitrogens is 1. The maximum Gasteiger partial charge on any atom is 0.412 e. The molecule has 2 aromatic carbocycles. The monoisotopic (exact) mass is 661 g/mol. The molecule has 2 N–H and O–H groups in total. The molecule has 1 atom stereocenters. The molecule has 3 rings (SSSR count). The predicted octanol–water partition coefficient (Wildman–Crippen LogP) is 8.74. The second kappa shape index (κ2) is 17.0. The van der Waals surface area contributed by atoms with Crippen molar-refractivity contribution in [1.82, 2.24) is 4.57 Å². The third-order valence-corrected chi connectivity index (χ3v) is 7.05. The summed E-state index contributed by atoms with van der Waals surface area (Å²) in [5.41, 5.74) is 2.22. The Morgan fingerprint density at radius 1 is 0.917 bits per heavy atom. The number of benzene rings is 2. The van der Waals surface area contributed by atoms with E-state index in [4.69, 9.17) is 28.9 Å². The molecule has 0 saturated heterocycles. The molecule has 0 aliphatic heterocycles. The van der Waals surface area contributed by atoms with Gasteiger partial charge in [-0.15, -0.1) is 0 Å². The molecule has 260 valence electrons. The molecule has 11 heteroatoms. The number of amides is 1. The largest absolute Gasteiger partial charge is 0.491 e. The number of nitrogens with zero attached hydrogens (tertiary/aromatic N) is 3. The Morgan fingerprint density at radius 3 is 2.25 bits per heavy atom. The maximum atomic E-state index is 12.7. The number of anilines is 2. The molecule has 0 saturated carbocycles. The number of ether oxygens (including phenoxy) is 4. The van der Waals surface area contributed by atoms with Gasteiger partial charge in [-0.1, -0.05) is 19.9 Å². The highest BCUT2D eigenvalue weighted by atomic mass is 16.6. The minimum Gasteiger partial charge on any atom is -0.491 e. The molecule has 1 aromatic heterocycles. The molecular formula is C37H51N5O6. The van der Waals surface area contributed by atoms with Crippen LogP contribution in [-0.2, 0) is 25.7 Å². The van der Waals surface area contributed by atoms with E-state index in [-0.39, 0.29) is 18.6 Å². The minimum atomic E-state index is -0.655. The van der Waals surface area contributed by atoms with E-state index in [1.165, 1.54) is 0 Å². The number of carbonyl (C=O) groups excluding carboxylic acids is 2. The van der Waals surface area contributed by atoms with Gasteiger partial charge in [-0.3, -0.25) is 19.7 Å². The molecule has 1 amide bonds. The number of rotatable bonds is 13. The number of esters is 1. The number of carbonyl (C=O) groups is 2. The third kappa shape index (κ3) is 11.9. The molecule has 1 unspecified atom stereocenters. The van der Waals surface area contributed by atoms with E-state index in [0.717, 1.165) is 29.3 Å². The first-order valence-corrected chi connectivity index (χ1v) is 16.2. The highest BCUT2D eigenvalue weighted by Gasteiger charge is 2.24. The smallest absolute Gasteiger partial charge is 0.412 e. The molecule has 0 aliphatic rings. The fourth-order valence-electron chi connectivity index (χ4n) is 4.24. The Hall–Kier alpha value is -4.64. The molecule has 0 bridgehead atoms. The standard InChI is InChI=1S/C37H51N5O6/c1-11-25(2)32(39-27-15-17-30(18-16-27)46-22-21-45-10)41-33-31(19-20-42(33)24-47-34(43)36(4,5)6)26(3)38-28-13-12-14-29(23-28)40-35(44)48-37(7,8)9/h12-20,23,25H,11,21-22,24H2,1-10H3,(H,39,41)(H,40,44). The number of nitrogens with one attached hydrogen (secondary N) is 2. The van der Waals surface area contributed by atoms with Crippen LogP contribution in [0.3, 0.4) is 0 Å². The lowest BCUT2D eigenvalue weighted by atomic mass is 9.98. The van der Waals surface area contributed by atoms with Gasteiger partial charge < -0.3 is 24.3 Å². The van der Waals surface area contributed by atoms with Crippen LogP contribution in [0.1, 0.15) is 74.3 Å². The lowest BCUT2D eigenvalue weighted by Gasteiger charge is -2.19. The van der Waals surface area contributed by atoms with Crippen molar-refractivity contribution >= 4 is 46.5 Å². The first-order valence-electron chi connectivity index (χ1n) is 16.2. The average molecular weight is 662 g/mol. The molecule has 1 heterocycles. The summed E-state index contributed by atoms with van der Waals surface area (Å²) in [6, 6.07) is 16.8. The molecule has 0 aliphatic carbocycles. The second-order valence-corrected chi connectivity index (χ2v) is 13.5. The summed E-state index contributed by atoms with van der Waals surface area (Å²) >= 11 is 0. The van der Waals surface area contributed by atoms with E-state index in [9.17, 15) is 9.59 Å². The summed E-state index contributed by atoms with van der Waals surface area (Å²) < 4.78 is 23.7. The fourth-order valence-corrected chi connectivity index (χ4v) is 4.24. The highest BCUT2D eigenvalue weighted by molar-refractivity contribution is 6.06. The van der Waals surface area contributed by atoms with Crippen LogP contribution in [0.15, 0.2) is 70.8 Å². The molecule has 3 aromatic rings. The Labute approximate surface area is 284 Å². The lowest BCUT2D eigenvalue weighted by molar-refractivity contribution is -0.156. The van der Waals surface area contributed by atoms with Crippen molar-refractivity contribution in [3.05, 3.63) is 66.4 Å². The van der Waals surface area contributed by atoms with Crippen LogP contribution in [-0.4, -0.2) is 54.1 Å². The van der Waals surface area contributed by atoms with Gasteiger partial charge >= 0.3 is 12.1 Å². The Kier molecular flexibility index (Phi) is 13.4. The van der Waals surface area contributed by atoms with Crippen molar-refractivity contribution in [2.75, 3.05) is 31.0 Å². The van der Waals surface area contributed by atoms with E-state index in [1.54, 1.807) is 23.8 Å². The van der Waals surface area contributed by atoms with Crippen molar-refractivity contribution in [3.63, 3.8) is 0 Å². The van der Waals surface area contributed by atoms with Crippen molar-refractivity contribution in [2.24, 2.45) is 21.3 Å². The lowest BCUT2D eigenvalue weighted by Crippen LogP contribution is -2.27. The molecule has 0 radical (unpaired) electrons. The third-order valence-electron chi connectivity index (χ3n) is 7.05. The number of aliphatic imine (C=N–C) groups is 2. The summed E-state index contributed by atoms with van der Waals surface area (Å²) in [6.45, 7) is 17.9. The van der Waals surface area contributed by atoms with E-state index in [0.29, 0.717) is 36.1 Å². The van der Waals surface area contributed by atoms with Crippen LogP contribution < -0.4 is 15.4 Å². The SMILES string of the molecule is CCC(C)C(=Nc1c(C(C)=Nc2cccc(NC(=O)OC(C)(C)C)c2)ccn1COC(=O)C(C)(C)C)Nc1ccc(OCCOC)cc1. The predicted molar refractivity (Wildman–Crippen MR) is 192 cm³/mol. The van der Waals surface area contributed by atoms with Crippen molar-refractivity contribution in [3.8, 4) is 5.75 Å². The Bertz CT molecular complexity index is 1580. The van der Waals surface area contributed by atoms with E-state index < -0.39 is 17.1 Å². The molecule has 48 heavy (non-hydrogen) atoms. The normalized spacial score (nSPS) is 13.1. The van der Waals surface area contributed by atoms with Crippen molar-refractivity contribution < 1.29 is 28.5 Å². The quantitative estimate of drug-likeness (QED) is 0.0812. The van der Waals surface area contributed by atoms with Crippen LogP contribution in [0.25, 0.3) is 0 Å². The van der Waals surface area contributed by atoms with Gasteiger partial charge in [-0.05, 0) is 103 Å². The van der Waals surface area contributed by atoms with Crippen molar-refractivity contribution in [2.45, 2.75) is 81.1 Å². The van der Waals surface area contributed by atoms with E-state index in [1.807, 2.05) is 97.1 Å². The van der Waals surface area contributed by atoms with Gasteiger partial charge in [0.15, 0.2) is 6.73 Å². The molecule has 0 spiro atoms. The topological polar surface area (TPSA) is 125 Å². The Morgan fingerprint density at radius 2 is 1.62 bits per heavy atom. The number of hydrogen-bond donors (Lipinski definition) is 2. The van der Waals surface area contributed by atoms with Gasteiger partial charge in [0, 0.05) is 41.9 Å². The molecule has 0 fully saturated rings. The second-order valence-electron chi connectivity index (χ2n) is 13.5.